The summed E-state index contributed by atoms with van der Waals surface area (Å²) in [7, 11) is 0. The normalized spacial score (nSPS) is 10.5. The van der Waals surface area contributed by atoms with E-state index in [9.17, 15) is 0 Å². The highest BCUT2D eigenvalue weighted by Gasteiger charge is 2.06. The second-order valence-electron chi connectivity index (χ2n) is 3.32. The highest BCUT2D eigenvalue weighted by molar-refractivity contribution is 5.58. The van der Waals surface area contributed by atoms with Crippen LogP contribution in [-0.4, -0.2) is 20.0 Å². The summed E-state index contributed by atoms with van der Waals surface area (Å²) in [5.41, 5.74) is 8.12. The molecule has 2 heterocycles. The highest BCUT2D eigenvalue weighted by Crippen LogP contribution is 2.17. The van der Waals surface area contributed by atoms with Gasteiger partial charge in [-0.25, -0.2) is 4.68 Å². The zero-order valence-corrected chi connectivity index (χ0v) is 8.59. The molecule has 78 valence electrons. The molecule has 0 spiro atoms. The molecule has 5 heteroatoms. The molecule has 0 atom stereocenters. The lowest BCUT2D eigenvalue weighted by Crippen LogP contribution is -2.02. The molecular weight excluding hydrogens is 190 g/mol. The maximum absolute atomic E-state index is 5.70. The Morgan fingerprint density at radius 2 is 2.33 bits per heavy atom. The predicted molar refractivity (Wildman–Crippen MR) is 58.0 cm³/mol. The van der Waals surface area contributed by atoms with E-state index in [1.165, 1.54) is 0 Å². The van der Waals surface area contributed by atoms with Gasteiger partial charge in [0.2, 0.25) is 0 Å². The zero-order valence-electron chi connectivity index (χ0n) is 8.59. The maximum atomic E-state index is 5.70. The van der Waals surface area contributed by atoms with Crippen molar-refractivity contribution in [1.82, 2.24) is 20.0 Å². The standard InChI is InChI=1S/C10H13N5/c1-2-5-15-10(7-13-14-15)9-6-8(11)3-4-12-9/h3-4,6-7H,2,5H2,1H3,(H2,11,12). The Labute approximate surface area is 87.9 Å². The van der Waals surface area contributed by atoms with Gasteiger partial charge in [-0.2, -0.15) is 0 Å². The first-order valence-electron chi connectivity index (χ1n) is 4.91. The molecule has 0 aliphatic carbocycles. The molecule has 0 amide bonds. The topological polar surface area (TPSA) is 69.6 Å². The third-order valence-corrected chi connectivity index (χ3v) is 2.10. The lowest BCUT2D eigenvalue weighted by molar-refractivity contribution is 0.583. The number of hydrogen-bond acceptors (Lipinski definition) is 4. The summed E-state index contributed by atoms with van der Waals surface area (Å²) in [5, 5.41) is 7.88. The van der Waals surface area contributed by atoms with Crippen LogP contribution in [0.15, 0.2) is 24.5 Å². The largest absolute Gasteiger partial charge is 0.399 e. The monoisotopic (exact) mass is 203 g/mol. The number of aromatic nitrogens is 4. The van der Waals surface area contributed by atoms with Crippen LogP contribution in [0.4, 0.5) is 5.69 Å². The Kier molecular flexibility index (Phi) is 2.62. The van der Waals surface area contributed by atoms with Gasteiger partial charge >= 0.3 is 0 Å². The van der Waals surface area contributed by atoms with Crippen molar-refractivity contribution in [2.24, 2.45) is 0 Å². The van der Waals surface area contributed by atoms with Crippen molar-refractivity contribution in [2.75, 3.05) is 5.73 Å². The number of hydrogen-bond donors (Lipinski definition) is 1. The van der Waals surface area contributed by atoms with Gasteiger partial charge < -0.3 is 5.73 Å². The number of pyridine rings is 1. The van der Waals surface area contributed by atoms with Gasteiger partial charge in [-0.15, -0.1) is 5.10 Å². The fourth-order valence-electron chi connectivity index (χ4n) is 1.42. The van der Waals surface area contributed by atoms with E-state index in [-0.39, 0.29) is 0 Å². The number of nitrogens with zero attached hydrogens (tertiary/aromatic N) is 4. The summed E-state index contributed by atoms with van der Waals surface area (Å²) in [6.07, 6.45) is 4.41. The van der Waals surface area contributed by atoms with E-state index in [0.29, 0.717) is 5.69 Å². The number of rotatable bonds is 3. The van der Waals surface area contributed by atoms with Crippen molar-refractivity contribution in [1.29, 1.82) is 0 Å². The average Bonchev–Trinajstić information content (AvgIpc) is 2.66. The number of nitrogen functional groups attached to an aromatic ring is 1. The molecule has 2 aromatic rings. The van der Waals surface area contributed by atoms with Crippen LogP contribution in [0.5, 0.6) is 0 Å². The zero-order chi connectivity index (χ0) is 10.7. The summed E-state index contributed by atoms with van der Waals surface area (Å²) in [5.74, 6) is 0. The summed E-state index contributed by atoms with van der Waals surface area (Å²) < 4.78 is 1.84. The van der Waals surface area contributed by atoms with E-state index in [1.807, 2.05) is 10.7 Å². The molecule has 0 saturated carbocycles. The molecule has 2 rings (SSSR count). The molecule has 0 aliphatic heterocycles. The maximum Gasteiger partial charge on any atom is 0.107 e. The Balaban J connectivity index is 2.40. The molecule has 0 aliphatic rings. The van der Waals surface area contributed by atoms with E-state index in [4.69, 9.17) is 5.73 Å². The predicted octanol–water partition coefficient (Wildman–Crippen LogP) is 1.33. The average molecular weight is 203 g/mol. The Hall–Kier alpha value is -1.91. The van der Waals surface area contributed by atoms with Crippen LogP contribution < -0.4 is 5.73 Å². The van der Waals surface area contributed by atoms with Crippen LogP contribution in [-0.2, 0) is 6.54 Å². The first-order valence-corrected chi connectivity index (χ1v) is 4.91. The van der Waals surface area contributed by atoms with Gasteiger partial charge in [-0.3, -0.25) is 4.98 Å². The molecule has 2 N–H and O–H groups in total. The first kappa shape index (κ1) is 9.64. The van der Waals surface area contributed by atoms with Crippen LogP contribution in [0.1, 0.15) is 13.3 Å². The summed E-state index contributed by atoms with van der Waals surface area (Å²) >= 11 is 0. The molecule has 0 aromatic carbocycles. The van der Waals surface area contributed by atoms with Crippen LogP contribution >= 0.6 is 0 Å². The second-order valence-corrected chi connectivity index (χ2v) is 3.32. The van der Waals surface area contributed by atoms with Crippen molar-refractivity contribution in [2.45, 2.75) is 19.9 Å². The lowest BCUT2D eigenvalue weighted by Gasteiger charge is -2.03. The quantitative estimate of drug-likeness (QED) is 0.817. The van der Waals surface area contributed by atoms with Crippen molar-refractivity contribution >= 4 is 5.69 Å². The fourth-order valence-corrected chi connectivity index (χ4v) is 1.42. The number of anilines is 1. The van der Waals surface area contributed by atoms with Gasteiger partial charge in [-0.05, 0) is 18.6 Å². The SMILES string of the molecule is CCCn1nncc1-c1cc(N)ccn1. The van der Waals surface area contributed by atoms with Gasteiger partial charge in [0.05, 0.1) is 11.9 Å². The van der Waals surface area contributed by atoms with Crippen LogP contribution in [0.3, 0.4) is 0 Å². The molecule has 15 heavy (non-hydrogen) atoms. The van der Waals surface area contributed by atoms with Crippen molar-refractivity contribution < 1.29 is 0 Å². The molecule has 0 radical (unpaired) electrons. The van der Waals surface area contributed by atoms with E-state index in [0.717, 1.165) is 24.4 Å². The summed E-state index contributed by atoms with van der Waals surface area (Å²) in [6.45, 7) is 2.93. The molecule has 0 bridgehead atoms. The molecule has 2 aromatic heterocycles. The van der Waals surface area contributed by atoms with E-state index in [2.05, 4.69) is 22.2 Å². The molecular formula is C10H13N5. The van der Waals surface area contributed by atoms with Gasteiger partial charge in [0.25, 0.3) is 0 Å². The molecule has 0 fully saturated rings. The molecule has 0 unspecified atom stereocenters. The van der Waals surface area contributed by atoms with Crippen molar-refractivity contribution in [3.05, 3.63) is 24.5 Å². The third kappa shape index (κ3) is 1.96. The first-order chi connectivity index (χ1) is 7.31. The summed E-state index contributed by atoms with van der Waals surface area (Å²) in [4.78, 5) is 4.24. The summed E-state index contributed by atoms with van der Waals surface area (Å²) in [6, 6.07) is 3.59. The smallest absolute Gasteiger partial charge is 0.107 e. The minimum Gasteiger partial charge on any atom is -0.399 e. The van der Waals surface area contributed by atoms with Crippen molar-refractivity contribution in [3.63, 3.8) is 0 Å². The minimum atomic E-state index is 0.698. The third-order valence-electron chi connectivity index (χ3n) is 2.10. The van der Waals surface area contributed by atoms with Crippen LogP contribution in [0.25, 0.3) is 11.4 Å². The van der Waals surface area contributed by atoms with Gasteiger partial charge in [0, 0.05) is 18.4 Å². The second kappa shape index (κ2) is 4.08. The minimum absolute atomic E-state index is 0.698. The van der Waals surface area contributed by atoms with Gasteiger partial charge in [0.15, 0.2) is 0 Å². The fraction of sp³-hybridized carbons (Fsp3) is 0.300. The lowest BCUT2D eigenvalue weighted by atomic mass is 10.2. The van der Waals surface area contributed by atoms with Crippen LogP contribution in [0.2, 0.25) is 0 Å². The molecule has 0 saturated heterocycles. The van der Waals surface area contributed by atoms with E-state index in [1.54, 1.807) is 18.5 Å². The van der Waals surface area contributed by atoms with E-state index < -0.39 is 0 Å². The van der Waals surface area contributed by atoms with E-state index >= 15 is 0 Å². The Morgan fingerprint density at radius 1 is 1.47 bits per heavy atom. The Bertz CT molecular complexity index is 449. The highest BCUT2D eigenvalue weighted by atomic mass is 15.4. The molecule has 5 nitrogen and oxygen atoms in total. The van der Waals surface area contributed by atoms with Crippen molar-refractivity contribution in [3.8, 4) is 11.4 Å². The van der Waals surface area contributed by atoms with Gasteiger partial charge in [-0.1, -0.05) is 12.1 Å². The van der Waals surface area contributed by atoms with Gasteiger partial charge in [0.1, 0.15) is 5.69 Å². The number of nitrogens with two attached hydrogens (primary N) is 1. The van der Waals surface area contributed by atoms with Crippen LogP contribution in [0, 0.1) is 0 Å². The number of aryl methyl sites for hydroxylation is 1. The Morgan fingerprint density at radius 3 is 3.07 bits per heavy atom.